The van der Waals surface area contributed by atoms with E-state index in [1.54, 1.807) is 12.1 Å². The second-order valence-electron chi connectivity index (χ2n) is 7.11. The number of hydrogen-bond acceptors (Lipinski definition) is 6. The zero-order valence-corrected chi connectivity index (χ0v) is 16.5. The van der Waals surface area contributed by atoms with Crippen molar-refractivity contribution in [2.75, 3.05) is 24.7 Å². The molecule has 152 valence electrons. The zero-order chi connectivity index (χ0) is 20.3. The molecule has 2 aromatic rings. The van der Waals surface area contributed by atoms with Gasteiger partial charge in [-0.2, -0.15) is 8.78 Å². The summed E-state index contributed by atoms with van der Waals surface area (Å²) in [5.41, 5.74) is 0.605. The smallest absolute Gasteiger partial charge is 0.387 e. The number of nitrogens with two attached hydrogens (primary N) is 1. The molecule has 1 aliphatic heterocycles. The van der Waals surface area contributed by atoms with Crippen molar-refractivity contribution in [3.63, 3.8) is 0 Å². The minimum Gasteiger partial charge on any atom is -0.435 e. The standard InChI is InChI=1S/C18H23F2N5O2S/c1-11-7-12(2)9-24(8-11)15(26)10-28-18-23-22-16(25(18)21)13-3-5-14(6-4-13)27-17(19)20/h3-6,11-12,17H,7-10,21H2,1-2H3. The maximum absolute atomic E-state index is 12.5. The minimum absolute atomic E-state index is 0.0482. The monoisotopic (exact) mass is 411 g/mol. The number of amides is 1. The molecule has 1 aromatic heterocycles. The molecule has 10 heteroatoms. The quantitative estimate of drug-likeness (QED) is 0.581. The van der Waals surface area contributed by atoms with Crippen LogP contribution < -0.4 is 10.6 Å². The number of thioether (sulfide) groups is 1. The van der Waals surface area contributed by atoms with E-state index in [0.717, 1.165) is 19.5 Å². The maximum Gasteiger partial charge on any atom is 0.387 e. The Morgan fingerprint density at radius 3 is 2.50 bits per heavy atom. The first-order valence-corrected chi connectivity index (χ1v) is 9.98. The predicted octanol–water partition coefficient (Wildman–Crippen LogP) is 2.86. The first-order chi connectivity index (χ1) is 13.3. The van der Waals surface area contributed by atoms with E-state index < -0.39 is 6.61 Å². The molecule has 1 fully saturated rings. The second kappa shape index (κ2) is 8.76. The van der Waals surface area contributed by atoms with Crippen LogP contribution in [0, 0.1) is 11.8 Å². The van der Waals surface area contributed by atoms with Crippen molar-refractivity contribution < 1.29 is 18.3 Å². The summed E-state index contributed by atoms with van der Waals surface area (Å²) in [5.74, 6) is 7.77. The fourth-order valence-corrected chi connectivity index (χ4v) is 4.20. The molecule has 0 radical (unpaired) electrons. The van der Waals surface area contributed by atoms with E-state index in [1.807, 2.05) is 4.90 Å². The van der Waals surface area contributed by atoms with Gasteiger partial charge in [0.25, 0.3) is 0 Å². The molecule has 0 aliphatic carbocycles. The first kappa shape index (κ1) is 20.4. The number of hydrogen-bond donors (Lipinski definition) is 1. The van der Waals surface area contributed by atoms with Gasteiger partial charge >= 0.3 is 6.61 Å². The molecule has 0 bridgehead atoms. The van der Waals surface area contributed by atoms with Crippen LogP contribution in [0.3, 0.4) is 0 Å². The van der Waals surface area contributed by atoms with Gasteiger partial charge in [-0.3, -0.25) is 4.79 Å². The Morgan fingerprint density at radius 1 is 1.25 bits per heavy atom. The van der Waals surface area contributed by atoms with Crippen molar-refractivity contribution in [2.45, 2.75) is 32.0 Å². The lowest BCUT2D eigenvalue weighted by molar-refractivity contribution is -0.130. The van der Waals surface area contributed by atoms with E-state index in [1.165, 1.54) is 28.6 Å². The number of benzene rings is 1. The van der Waals surface area contributed by atoms with E-state index >= 15 is 0 Å². The van der Waals surface area contributed by atoms with Gasteiger partial charge in [0.1, 0.15) is 5.75 Å². The number of halogens is 2. The van der Waals surface area contributed by atoms with Crippen molar-refractivity contribution in [3.8, 4) is 17.1 Å². The highest BCUT2D eigenvalue weighted by Crippen LogP contribution is 2.26. The van der Waals surface area contributed by atoms with Gasteiger partial charge in [-0.25, -0.2) is 4.68 Å². The van der Waals surface area contributed by atoms with Gasteiger partial charge < -0.3 is 15.5 Å². The summed E-state index contributed by atoms with van der Waals surface area (Å²) >= 11 is 1.23. The highest BCUT2D eigenvalue weighted by molar-refractivity contribution is 7.99. The summed E-state index contributed by atoms with van der Waals surface area (Å²) in [6.07, 6.45) is 1.14. The summed E-state index contributed by atoms with van der Waals surface area (Å²) in [6.45, 7) is 2.98. The Bertz CT molecular complexity index is 805. The van der Waals surface area contributed by atoms with Crippen molar-refractivity contribution >= 4 is 17.7 Å². The molecule has 2 heterocycles. The van der Waals surface area contributed by atoms with Crippen molar-refractivity contribution in [3.05, 3.63) is 24.3 Å². The van der Waals surface area contributed by atoms with Crippen LogP contribution in [0.5, 0.6) is 5.75 Å². The molecular weight excluding hydrogens is 388 g/mol. The van der Waals surface area contributed by atoms with Gasteiger partial charge in [0.05, 0.1) is 5.75 Å². The molecule has 1 amide bonds. The van der Waals surface area contributed by atoms with Crippen LogP contribution >= 0.6 is 11.8 Å². The zero-order valence-electron chi connectivity index (χ0n) is 15.7. The van der Waals surface area contributed by atoms with Crippen molar-refractivity contribution in [1.29, 1.82) is 0 Å². The number of nitrogen functional groups attached to an aromatic ring is 1. The van der Waals surface area contributed by atoms with Crippen LogP contribution in [0.25, 0.3) is 11.4 Å². The molecule has 0 spiro atoms. The molecule has 2 N–H and O–H groups in total. The lowest BCUT2D eigenvalue weighted by Gasteiger charge is -2.34. The van der Waals surface area contributed by atoms with Gasteiger partial charge in [0.15, 0.2) is 5.82 Å². The average Bonchev–Trinajstić information content (AvgIpc) is 2.99. The largest absolute Gasteiger partial charge is 0.435 e. The summed E-state index contributed by atoms with van der Waals surface area (Å²) in [5, 5.41) is 8.49. The molecule has 2 unspecified atom stereocenters. The van der Waals surface area contributed by atoms with E-state index in [4.69, 9.17) is 5.84 Å². The highest BCUT2D eigenvalue weighted by atomic mass is 32.2. The SMILES string of the molecule is CC1CC(C)CN(C(=O)CSc2nnc(-c3ccc(OC(F)F)cc3)n2N)C1. The normalized spacial score (nSPS) is 19.8. The molecule has 7 nitrogen and oxygen atoms in total. The second-order valence-corrected chi connectivity index (χ2v) is 8.06. The lowest BCUT2D eigenvalue weighted by atomic mass is 9.92. The third-order valence-corrected chi connectivity index (χ3v) is 5.48. The van der Waals surface area contributed by atoms with E-state index in [-0.39, 0.29) is 17.4 Å². The van der Waals surface area contributed by atoms with Gasteiger partial charge in [-0.1, -0.05) is 25.6 Å². The Kier molecular flexibility index (Phi) is 6.38. The van der Waals surface area contributed by atoms with Crippen LogP contribution in [0.15, 0.2) is 29.4 Å². The van der Waals surface area contributed by atoms with Crippen molar-refractivity contribution in [2.24, 2.45) is 11.8 Å². The van der Waals surface area contributed by atoms with E-state index in [2.05, 4.69) is 28.8 Å². The van der Waals surface area contributed by atoms with Crippen molar-refractivity contribution in [1.82, 2.24) is 19.8 Å². The molecule has 3 rings (SSSR count). The molecule has 1 aromatic carbocycles. The Balaban J connectivity index is 1.62. The number of nitrogens with zero attached hydrogens (tertiary/aromatic N) is 4. The van der Waals surface area contributed by atoms with Gasteiger partial charge in [0, 0.05) is 18.7 Å². The number of ether oxygens (including phenoxy) is 1. The molecule has 2 atom stereocenters. The van der Waals surface area contributed by atoms with E-state index in [9.17, 15) is 13.6 Å². The Labute approximate surface area is 166 Å². The van der Waals surface area contributed by atoms with Crippen LogP contribution in [0.2, 0.25) is 0 Å². The summed E-state index contributed by atoms with van der Waals surface area (Å²) in [7, 11) is 0. The first-order valence-electron chi connectivity index (χ1n) is 8.99. The number of carbonyl (C=O) groups excluding carboxylic acids is 1. The third-order valence-electron chi connectivity index (χ3n) is 4.55. The number of likely N-dealkylation sites (tertiary alicyclic amines) is 1. The number of aromatic nitrogens is 3. The van der Waals surface area contributed by atoms with Crippen LogP contribution in [0.1, 0.15) is 20.3 Å². The average molecular weight is 411 g/mol. The molecule has 1 aliphatic rings. The van der Waals surface area contributed by atoms with Gasteiger partial charge in [0.2, 0.25) is 11.1 Å². The maximum atomic E-state index is 12.5. The number of alkyl halides is 2. The minimum atomic E-state index is -2.88. The fourth-order valence-electron chi connectivity index (χ4n) is 3.44. The van der Waals surface area contributed by atoms with Crippen LogP contribution in [0.4, 0.5) is 8.78 Å². The van der Waals surface area contributed by atoms with Crippen LogP contribution in [-0.4, -0.2) is 51.1 Å². The Morgan fingerprint density at radius 2 is 1.89 bits per heavy atom. The Hall–Kier alpha value is -2.36. The number of piperidine rings is 1. The topological polar surface area (TPSA) is 86.3 Å². The van der Waals surface area contributed by atoms with Gasteiger partial charge in [-0.05, 0) is 42.5 Å². The number of rotatable bonds is 6. The highest BCUT2D eigenvalue weighted by Gasteiger charge is 2.25. The molecule has 0 saturated carbocycles. The predicted molar refractivity (Wildman–Crippen MR) is 102 cm³/mol. The molecular formula is C18H23F2N5O2S. The lowest BCUT2D eigenvalue weighted by Crippen LogP contribution is -2.43. The molecule has 1 saturated heterocycles. The van der Waals surface area contributed by atoms with Gasteiger partial charge in [-0.15, -0.1) is 10.2 Å². The number of carbonyl (C=O) groups is 1. The summed E-state index contributed by atoms with van der Waals surface area (Å²) < 4.78 is 30.1. The van der Waals surface area contributed by atoms with Crippen LogP contribution in [-0.2, 0) is 4.79 Å². The third kappa shape index (κ3) is 4.92. The van der Waals surface area contributed by atoms with E-state index in [0.29, 0.717) is 28.4 Å². The molecule has 28 heavy (non-hydrogen) atoms. The fraction of sp³-hybridized carbons (Fsp3) is 0.500. The summed E-state index contributed by atoms with van der Waals surface area (Å²) in [4.78, 5) is 14.4. The summed E-state index contributed by atoms with van der Waals surface area (Å²) in [6, 6.07) is 5.96.